The molecule has 0 heterocycles. The topological polar surface area (TPSA) is 79.8 Å². The third-order valence-corrected chi connectivity index (χ3v) is 4.68. The molecule has 2 amide bonds. The number of hydrazone groups is 1. The number of nitrogens with one attached hydrogen (secondary N) is 2. The smallest absolute Gasteiger partial charge is 0.259 e. The minimum Gasteiger partial charge on any atom is -0.457 e. The lowest BCUT2D eigenvalue weighted by Gasteiger charge is -2.07. The number of nitrogens with zero attached hydrogens (tertiary/aromatic N) is 1. The number of rotatable bonds is 7. The van der Waals surface area contributed by atoms with Crippen molar-refractivity contribution in [2.45, 2.75) is 0 Å². The fraction of sp³-hybridized carbons (Fsp3) is 0.0385. The molecule has 0 aromatic heterocycles. The summed E-state index contributed by atoms with van der Waals surface area (Å²) >= 11 is 0. The standard InChI is InChI=1S/C26H21N3O3/c30-25(18-27-26(31)24-15-7-10-20-9-4-5-14-23(20)24)29-28-17-19-8-6-13-22(16-19)32-21-11-2-1-3-12-21/h1-17H,18H2,(H,27,31)(H,29,30)/b28-17+. The van der Waals surface area contributed by atoms with Crippen molar-refractivity contribution in [1.29, 1.82) is 0 Å². The second kappa shape index (κ2) is 10.0. The van der Waals surface area contributed by atoms with Crippen LogP contribution < -0.4 is 15.5 Å². The summed E-state index contributed by atoms with van der Waals surface area (Å²) in [5, 5.41) is 8.39. The number of carbonyl (C=O) groups excluding carboxylic acids is 2. The minimum absolute atomic E-state index is 0.184. The Morgan fingerprint density at radius 3 is 2.41 bits per heavy atom. The molecule has 0 saturated heterocycles. The molecule has 6 heteroatoms. The van der Waals surface area contributed by atoms with E-state index in [9.17, 15) is 9.59 Å². The third kappa shape index (κ3) is 5.37. The first-order valence-electron chi connectivity index (χ1n) is 10.1. The van der Waals surface area contributed by atoms with Gasteiger partial charge in [-0.1, -0.05) is 66.7 Å². The van der Waals surface area contributed by atoms with E-state index in [1.54, 1.807) is 6.07 Å². The van der Waals surface area contributed by atoms with Gasteiger partial charge in [0.1, 0.15) is 11.5 Å². The number of carbonyl (C=O) groups is 2. The van der Waals surface area contributed by atoms with Gasteiger partial charge in [0.15, 0.2) is 0 Å². The Bertz CT molecular complexity index is 1260. The van der Waals surface area contributed by atoms with Gasteiger partial charge in [0, 0.05) is 5.56 Å². The molecule has 0 saturated carbocycles. The van der Waals surface area contributed by atoms with Crippen molar-refractivity contribution in [3.05, 3.63) is 108 Å². The largest absolute Gasteiger partial charge is 0.457 e. The maximum absolute atomic E-state index is 12.5. The average Bonchev–Trinajstić information content (AvgIpc) is 2.83. The highest BCUT2D eigenvalue weighted by Crippen LogP contribution is 2.21. The van der Waals surface area contributed by atoms with Gasteiger partial charge in [0.2, 0.25) is 0 Å². The summed E-state index contributed by atoms with van der Waals surface area (Å²) in [6.45, 7) is -0.184. The van der Waals surface area contributed by atoms with Crippen LogP contribution in [0.5, 0.6) is 11.5 Å². The molecule has 2 N–H and O–H groups in total. The van der Waals surface area contributed by atoms with Crippen LogP contribution in [0.4, 0.5) is 0 Å². The van der Waals surface area contributed by atoms with E-state index in [1.165, 1.54) is 6.21 Å². The molecule has 4 rings (SSSR count). The lowest BCUT2D eigenvalue weighted by Crippen LogP contribution is -2.35. The monoisotopic (exact) mass is 423 g/mol. The number of benzene rings is 4. The average molecular weight is 423 g/mol. The summed E-state index contributed by atoms with van der Waals surface area (Å²) in [6, 6.07) is 29.9. The van der Waals surface area contributed by atoms with Gasteiger partial charge in [-0.25, -0.2) is 5.43 Å². The van der Waals surface area contributed by atoms with Crippen LogP contribution in [0.15, 0.2) is 102 Å². The van der Waals surface area contributed by atoms with Crippen molar-refractivity contribution in [3.8, 4) is 11.5 Å². The van der Waals surface area contributed by atoms with Crippen molar-refractivity contribution >= 4 is 28.8 Å². The summed E-state index contributed by atoms with van der Waals surface area (Å²) in [5.74, 6) is 0.656. The molecular formula is C26H21N3O3. The van der Waals surface area contributed by atoms with Crippen LogP contribution in [0.1, 0.15) is 15.9 Å². The van der Waals surface area contributed by atoms with Crippen molar-refractivity contribution in [1.82, 2.24) is 10.7 Å². The Morgan fingerprint density at radius 2 is 1.53 bits per heavy atom. The van der Waals surface area contributed by atoms with Gasteiger partial charge >= 0.3 is 0 Å². The van der Waals surface area contributed by atoms with E-state index in [2.05, 4.69) is 15.8 Å². The first-order valence-corrected chi connectivity index (χ1v) is 10.1. The Kier molecular flexibility index (Phi) is 6.53. The van der Waals surface area contributed by atoms with E-state index in [4.69, 9.17) is 4.74 Å². The van der Waals surface area contributed by atoms with Crippen LogP contribution in [0.3, 0.4) is 0 Å². The highest BCUT2D eigenvalue weighted by molar-refractivity contribution is 6.07. The number of hydrogen-bond acceptors (Lipinski definition) is 4. The number of para-hydroxylation sites is 1. The van der Waals surface area contributed by atoms with Crippen LogP contribution in [0.25, 0.3) is 10.8 Å². The molecule has 0 unspecified atom stereocenters. The van der Waals surface area contributed by atoms with Crippen molar-refractivity contribution < 1.29 is 14.3 Å². The Balaban J connectivity index is 1.30. The van der Waals surface area contributed by atoms with Gasteiger partial charge in [0.05, 0.1) is 12.8 Å². The number of amides is 2. The Morgan fingerprint density at radius 1 is 0.812 bits per heavy atom. The predicted octanol–water partition coefficient (Wildman–Crippen LogP) is 4.51. The lowest BCUT2D eigenvalue weighted by atomic mass is 10.0. The Labute approximate surface area is 185 Å². The first-order chi connectivity index (χ1) is 15.7. The van der Waals surface area contributed by atoms with E-state index in [0.717, 1.165) is 22.1 Å². The number of ether oxygens (including phenoxy) is 1. The lowest BCUT2D eigenvalue weighted by molar-refractivity contribution is -0.120. The van der Waals surface area contributed by atoms with Gasteiger partial charge in [-0.05, 0) is 46.7 Å². The molecule has 0 radical (unpaired) electrons. The highest BCUT2D eigenvalue weighted by Gasteiger charge is 2.10. The summed E-state index contributed by atoms with van der Waals surface area (Å²) in [5.41, 5.74) is 3.70. The third-order valence-electron chi connectivity index (χ3n) is 4.68. The van der Waals surface area contributed by atoms with Crippen LogP contribution in [0, 0.1) is 0 Å². The predicted molar refractivity (Wildman–Crippen MR) is 125 cm³/mol. The van der Waals surface area contributed by atoms with Gasteiger partial charge in [-0.2, -0.15) is 5.10 Å². The summed E-state index contributed by atoms with van der Waals surface area (Å²) in [7, 11) is 0. The van der Waals surface area contributed by atoms with E-state index in [-0.39, 0.29) is 12.5 Å². The maximum Gasteiger partial charge on any atom is 0.259 e. The van der Waals surface area contributed by atoms with E-state index >= 15 is 0 Å². The van der Waals surface area contributed by atoms with E-state index in [0.29, 0.717) is 11.3 Å². The zero-order valence-corrected chi connectivity index (χ0v) is 17.2. The molecular weight excluding hydrogens is 402 g/mol. The van der Waals surface area contributed by atoms with Gasteiger partial charge in [-0.15, -0.1) is 0 Å². The molecule has 0 aliphatic carbocycles. The molecule has 32 heavy (non-hydrogen) atoms. The molecule has 0 atom stereocenters. The van der Waals surface area contributed by atoms with Gasteiger partial charge < -0.3 is 10.1 Å². The molecule has 0 fully saturated rings. The first kappa shape index (κ1) is 20.8. The molecule has 0 aliphatic rings. The summed E-state index contributed by atoms with van der Waals surface area (Å²) < 4.78 is 5.79. The van der Waals surface area contributed by atoms with E-state index < -0.39 is 5.91 Å². The molecule has 6 nitrogen and oxygen atoms in total. The normalized spacial score (nSPS) is 10.8. The molecule has 4 aromatic rings. The quantitative estimate of drug-likeness (QED) is 0.339. The van der Waals surface area contributed by atoms with Gasteiger partial charge in [0.25, 0.3) is 11.8 Å². The summed E-state index contributed by atoms with van der Waals surface area (Å²) in [6.07, 6.45) is 1.52. The fourth-order valence-corrected chi connectivity index (χ4v) is 3.18. The maximum atomic E-state index is 12.5. The van der Waals surface area contributed by atoms with Crippen molar-refractivity contribution in [2.24, 2.45) is 5.10 Å². The van der Waals surface area contributed by atoms with Crippen LogP contribution >= 0.6 is 0 Å². The van der Waals surface area contributed by atoms with E-state index in [1.807, 2.05) is 91.0 Å². The zero-order valence-electron chi connectivity index (χ0n) is 17.2. The molecule has 0 spiro atoms. The van der Waals surface area contributed by atoms with Crippen LogP contribution in [-0.4, -0.2) is 24.6 Å². The summed E-state index contributed by atoms with van der Waals surface area (Å²) in [4.78, 5) is 24.6. The van der Waals surface area contributed by atoms with Crippen molar-refractivity contribution in [3.63, 3.8) is 0 Å². The number of hydrogen-bond donors (Lipinski definition) is 2. The fourth-order valence-electron chi connectivity index (χ4n) is 3.18. The number of fused-ring (bicyclic) bond motifs is 1. The molecule has 0 bridgehead atoms. The second-order valence-corrected chi connectivity index (χ2v) is 6.99. The molecule has 158 valence electrons. The van der Waals surface area contributed by atoms with Crippen molar-refractivity contribution in [2.75, 3.05) is 6.54 Å². The Hall–Kier alpha value is -4.45. The van der Waals surface area contributed by atoms with Crippen LogP contribution in [-0.2, 0) is 4.79 Å². The zero-order chi connectivity index (χ0) is 22.2. The second-order valence-electron chi connectivity index (χ2n) is 6.99. The molecule has 0 aliphatic heterocycles. The SMILES string of the molecule is O=C(CNC(=O)c1cccc2ccccc12)N/N=C/c1cccc(Oc2ccccc2)c1. The minimum atomic E-state index is -0.425. The van der Waals surface area contributed by atoms with Crippen LogP contribution in [0.2, 0.25) is 0 Å². The molecule has 4 aromatic carbocycles. The highest BCUT2D eigenvalue weighted by atomic mass is 16.5. The van der Waals surface area contributed by atoms with Gasteiger partial charge in [-0.3, -0.25) is 9.59 Å².